The molecule has 1 aliphatic heterocycles. The lowest BCUT2D eigenvalue weighted by molar-refractivity contribution is 0.104. The molecule has 0 bridgehead atoms. The van der Waals surface area contributed by atoms with Crippen molar-refractivity contribution in [3.8, 4) is 0 Å². The topological polar surface area (TPSA) is 85.5 Å². The van der Waals surface area contributed by atoms with Gasteiger partial charge in [0.15, 0.2) is 15.7 Å². The molecule has 2 atom stereocenters. The molecule has 0 radical (unpaired) electrons. The van der Waals surface area contributed by atoms with Crippen LogP contribution in [-0.4, -0.2) is 44.0 Å². The van der Waals surface area contributed by atoms with Crippen molar-refractivity contribution in [1.82, 2.24) is 10.1 Å². The molecule has 1 aromatic carbocycles. The molecule has 2 heterocycles. The number of ether oxygens (including phenoxy) is 1. The number of sulfone groups is 1. The smallest absolute Gasteiger partial charge is 0.324 e. The predicted octanol–water partition coefficient (Wildman–Crippen LogP) is 3.81. The average molecular weight is 446 g/mol. The van der Waals surface area contributed by atoms with E-state index in [1.807, 2.05) is 12.1 Å². The van der Waals surface area contributed by atoms with E-state index in [4.69, 9.17) is 9.26 Å². The van der Waals surface area contributed by atoms with Crippen molar-refractivity contribution in [3.63, 3.8) is 0 Å². The summed E-state index contributed by atoms with van der Waals surface area (Å²) in [6.07, 6.45) is 5.99. The highest BCUT2D eigenvalue weighted by atomic mass is 32.2. The van der Waals surface area contributed by atoms with Gasteiger partial charge in [-0.1, -0.05) is 24.2 Å². The molecule has 168 valence electrons. The van der Waals surface area contributed by atoms with Gasteiger partial charge in [0, 0.05) is 19.0 Å². The molecule has 5 rings (SSSR count). The molecule has 3 aliphatic rings. The van der Waals surface area contributed by atoms with E-state index in [1.165, 1.54) is 32.1 Å². The summed E-state index contributed by atoms with van der Waals surface area (Å²) >= 11 is 0. The van der Waals surface area contributed by atoms with Crippen molar-refractivity contribution in [2.75, 3.05) is 30.3 Å². The maximum atomic E-state index is 11.9. The lowest BCUT2D eigenvalue weighted by Gasteiger charge is -2.30. The van der Waals surface area contributed by atoms with Crippen molar-refractivity contribution in [2.45, 2.75) is 56.4 Å². The van der Waals surface area contributed by atoms with Crippen LogP contribution in [0.25, 0.3) is 0 Å². The predicted molar refractivity (Wildman–Crippen MR) is 117 cm³/mol. The molecule has 7 nitrogen and oxygen atoms in total. The Morgan fingerprint density at radius 3 is 2.55 bits per heavy atom. The number of rotatable bonds is 9. The molecular formula is C23H31N3O4S. The molecular weight excluding hydrogens is 414 g/mol. The van der Waals surface area contributed by atoms with Gasteiger partial charge in [0.1, 0.15) is 0 Å². The molecule has 3 fully saturated rings. The summed E-state index contributed by atoms with van der Waals surface area (Å²) < 4.78 is 35.2. The molecule has 1 saturated heterocycles. The lowest BCUT2D eigenvalue weighted by Crippen LogP contribution is -2.34. The molecule has 8 heteroatoms. The van der Waals surface area contributed by atoms with Crippen LogP contribution in [0.1, 0.15) is 56.3 Å². The first-order valence-corrected chi connectivity index (χ1v) is 13.2. The molecule has 0 spiro atoms. The fraction of sp³-hybridized carbons (Fsp3) is 0.652. The molecule has 1 aromatic heterocycles. The van der Waals surface area contributed by atoms with Gasteiger partial charge in [0.05, 0.1) is 23.9 Å². The minimum Gasteiger partial charge on any atom is -0.376 e. The van der Waals surface area contributed by atoms with E-state index in [9.17, 15) is 8.42 Å². The second-order valence-corrected chi connectivity index (χ2v) is 11.5. The number of benzene rings is 1. The maximum absolute atomic E-state index is 11.9. The largest absolute Gasteiger partial charge is 0.376 e. The number of aromatic nitrogens is 2. The Labute approximate surface area is 184 Å². The van der Waals surface area contributed by atoms with Crippen molar-refractivity contribution in [2.24, 2.45) is 17.8 Å². The summed E-state index contributed by atoms with van der Waals surface area (Å²) in [5.41, 5.74) is 1.02. The summed E-state index contributed by atoms with van der Waals surface area (Å²) in [4.78, 5) is 7.21. The Hall–Kier alpha value is -1.93. The van der Waals surface area contributed by atoms with Gasteiger partial charge in [-0.05, 0) is 67.6 Å². The van der Waals surface area contributed by atoms with Crippen LogP contribution in [0.4, 0.5) is 6.01 Å². The van der Waals surface area contributed by atoms with Gasteiger partial charge in [0.2, 0.25) is 0 Å². The Morgan fingerprint density at radius 1 is 1.13 bits per heavy atom. The first kappa shape index (κ1) is 20.9. The molecule has 0 unspecified atom stereocenters. The van der Waals surface area contributed by atoms with Crippen LogP contribution in [0.3, 0.4) is 0 Å². The van der Waals surface area contributed by atoms with E-state index in [0.29, 0.717) is 29.4 Å². The lowest BCUT2D eigenvalue weighted by atomic mass is 9.91. The quantitative estimate of drug-likeness (QED) is 0.580. The first-order valence-electron chi connectivity index (χ1n) is 11.5. The summed E-state index contributed by atoms with van der Waals surface area (Å²) in [6.45, 7) is 4.98. The van der Waals surface area contributed by atoms with E-state index in [-0.39, 0.29) is 5.75 Å². The van der Waals surface area contributed by atoms with Crippen molar-refractivity contribution >= 4 is 15.9 Å². The van der Waals surface area contributed by atoms with Gasteiger partial charge in [-0.3, -0.25) is 0 Å². The number of piperidine rings is 1. The Bertz CT molecular complexity index is 992. The van der Waals surface area contributed by atoms with Crippen molar-refractivity contribution < 1.29 is 17.7 Å². The van der Waals surface area contributed by atoms with Crippen LogP contribution in [0.2, 0.25) is 0 Å². The second kappa shape index (κ2) is 8.54. The Kier molecular flexibility index (Phi) is 5.77. The van der Waals surface area contributed by atoms with Gasteiger partial charge in [-0.25, -0.2) is 8.42 Å². The SMILES string of the molecule is CCS(=O)(=O)c1ccc(COC[C@@H]2C[C@@H]2C2CCN(c3nc(C4CC4)no3)CC2)cc1. The minimum absolute atomic E-state index is 0.126. The number of anilines is 1. The van der Waals surface area contributed by atoms with Gasteiger partial charge < -0.3 is 14.2 Å². The van der Waals surface area contributed by atoms with Crippen LogP contribution >= 0.6 is 0 Å². The molecule has 2 saturated carbocycles. The highest BCUT2D eigenvalue weighted by Crippen LogP contribution is 2.48. The van der Waals surface area contributed by atoms with Gasteiger partial charge >= 0.3 is 6.01 Å². The summed E-state index contributed by atoms with van der Waals surface area (Å²) in [5, 5.41) is 4.14. The zero-order valence-corrected chi connectivity index (χ0v) is 18.9. The van der Waals surface area contributed by atoms with Crippen LogP contribution in [0.5, 0.6) is 0 Å². The van der Waals surface area contributed by atoms with Crippen LogP contribution in [0, 0.1) is 17.8 Å². The fourth-order valence-electron chi connectivity index (χ4n) is 4.71. The third-order valence-corrected chi connectivity index (χ3v) is 8.78. The van der Waals surface area contributed by atoms with E-state index in [0.717, 1.165) is 42.9 Å². The van der Waals surface area contributed by atoms with E-state index in [2.05, 4.69) is 15.0 Å². The van der Waals surface area contributed by atoms with Gasteiger partial charge in [-0.15, -0.1) is 0 Å². The molecule has 2 aliphatic carbocycles. The summed E-state index contributed by atoms with van der Waals surface area (Å²) in [5.74, 6) is 3.73. The molecule has 0 N–H and O–H groups in total. The summed E-state index contributed by atoms with van der Waals surface area (Å²) in [6, 6.07) is 7.78. The first-order chi connectivity index (χ1) is 15.0. The second-order valence-electron chi connectivity index (χ2n) is 9.26. The van der Waals surface area contributed by atoms with Crippen molar-refractivity contribution in [1.29, 1.82) is 0 Å². The van der Waals surface area contributed by atoms with Gasteiger partial charge in [0.25, 0.3) is 0 Å². The molecule has 2 aromatic rings. The molecule has 31 heavy (non-hydrogen) atoms. The highest BCUT2D eigenvalue weighted by Gasteiger charge is 2.44. The Morgan fingerprint density at radius 2 is 1.87 bits per heavy atom. The third-order valence-electron chi connectivity index (χ3n) is 7.03. The standard InChI is InChI=1S/C23H31N3O4S/c1-2-31(27,28)20-7-3-16(4-8-20)14-29-15-19-13-21(19)17-9-11-26(12-10-17)23-24-22(25-30-23)18-5-6-18/h3-4,7-8,17-19,21H,2,5-6,9-15H2,1H3/t19-,21+/m0/s1. The monoisotopic (exact) mass is 445 g/mol. The van der Waals surface area contributed by atoms with E-state index < -0.39 is 9.84 Å². The van der Waals surface area contributed by atoms with Gasteiger partial charge in [-0.2, -0.15) is 4.98 Å². The van der Waals surface area contributed by atoms with E-state index in [1.54, 1.807) is 19.1 Å². The maximum Gasteiger partial charge on any atom is 0.324 e. The van der Waals surface area contributed by atoms with Crippen LogP contribution < -0.4 is 4.90 Å². The zero-order chi connectivity index (χ0) is 21.4. The number of hydrogen-bond acceptors (Lipinski definition) is 7. The Balaban J connectivity index is 1.03. The minimum atomic E-state index is -3.14. The normalized spacial score (nSPS) is 24.5. The molecule has 0 amide bonds. The van der Waals surface area contributed by atoms with Crippen LogP contribution in [0.15, 0.2) is 33.7 Å². The third kappa shape index (κ3) is 4.80. The number of hydrogen-bond donors (Lipinski definition) is 0. The fourth-order valence-corrected chi connectivity index (χ4v) is 5.59. The highest BCUT2D eigenvalue weighted by molar-refractivity contribution is 7.91. The average Bonchev–Trinajstić information content (AvgIpc) is 3.73. The summed E-state index contributed by atoms with van der Waals surface area (Å²) in [7, 11) is -3.14. The number of nitrogens with zero attached hydrogens (tertiary/aromatic N) is 3. The van der Waals surface area contributed by atoms with E-state index >= 15 is 0 Å². The van der Waals surface area contributed by atoms with Crippen LogP contribution in [-0.2, 0) is 21.2 Å². The zero-order valence-electron chi connectivity index (χ0n) is 18.1. The van der Waals surface area contributed by atoms with Crippen molar-refractivity contribution in [3.05, 3.63) is 35.7 Å².